The number of benzene rings is 1. The molecule has 4 heteroatoms. The molecule has 15 heavy (non-hydrogen) atoms. The zero-order valence-corrected chi connectivity index (χ0v) is 9.86. The van der Waals surface area contributed by atoms with Crippen molar-refractivity contribution in [2.45, 2.75) is 25.9 Å². The number of carbonyl (C=O) groups excluding carboxylic acids is 1. The van der Waals surface area contributed by atoms with E-state index in [0.29, 0.717) is 5.56 Å². The summed E-state index contributed by atoms with van der Waals surface area (Å²) in [5, 5.41) is 0. The minimum Gasteiger partial charge on any atom is -0.323 e. The minimum absolute atomic E-state index is 0.0411. The first-order chi connectivity index (χ1) is 7.15. The van der Waals surface area contributed by atoms with Crippen LogP contribution in [0.1, 0.15) is 23.7 Å². The molecule has 0 saturated carbocycles. The van der Waals surface area contributed by atoms with Crippen LogP contribution in [0.25, 0.3) is 0 Å². The Balaban J connectivity index is 1.93. The van der Waals surface area contributed by atoms with E-state index in [2.05, 4.69) is 15.9 Å². The first-order valence-electron chi connectivity index (χ1n) is 4.75. The van der Waals surface area contributed by atoms with Crippen molar-refractivity contribution in [1.29, 1.82) is 0 Å². The SMILES string of the molecule is CC1OC(CC(=O)c2ccc(Br)cc2)O1. The molecule has 1 saturated heterocycles. The van der Waals surface area contributed by atoms with Gasteiger partial charge in [0, 0.05) is 10.0 Å². The first-order valence-corrected chi connectivity index (χ1v) is 5.54. The molecule has 0 radical (unpaired) electrons. The molecule has 0 aliphatic carbocycles. The van der Waals surface area contributed by atoms with Gasteiger partial charge >= 0.3 is 0 Å². The zero-order chi connectivity index (χ0) is 10.8. The van der Waals surface area contributed by atoms with Crippen LogP contribution in [0.5, 0.6) is 0 Å². The van der Waals surface area contributed by atoms with Gasteiger partial charge in [-0.05, 0) is 19.1 Å². The molecule has 1 aliphatic heterocycles. The van der Waals surface area contributed by atoms with Crippen LogP contribution >= 0.6 is 15.9 Å². The summed E-state index contributed by atoms with van der Waals surface area (Å²) in [6, 6.07) is 7.26. The van der Waals surface area contributed by atoms with Crippen LogP contribution < -0.4 is 0 Å². The maximum atomic E-state index is 11.7. The average Bonchev–Trinajstić information content (AvgIpc) is 2.16. The highest BCUT2D eigenvalue weighted by Crippen LogP contribution is 2.21. The van der Waals surface area contributed by atoms with E-state index >= 15 is 0 Å². The van der Waals surface area contributed by atoms with Crippen LogP contribution in [0, 0.1) is 0 Å². The second-order valence-corrected chi connectivity index (χ2v) is 4.32. The fourth-order valence-corrected chi connectivity index (χ4v) is 1.70. The highest BCUT2D eigenvalue weighted by Gasteiger charge is 2.29. The average molecular weight is 271 g/mol. The molecule has 2 rings (SSSR count). The van der Waals surface area contributed by atoms with Gasteiger partial charge in [0.2, 0.25) is 0 Å². The zero-order valence-electron chi connectivity index (χ0n) is 8.27. The molecule has 1 fully saturated rings. The third-order valence-electron chi connectivity index (χ3n) is 2.21. The normalized spacial score (nSPS) is 24.7. The fraction of sp³-hybridized carbons (Fsp3) is 0.364. The van der Waals surface area contributed by atoms with Gasteiger partial charge in [0.1, 0.15) is 0 Å². The van der Waals surface area contributed by atoms with Gasteiger partial charge in [0.15, 0.2) is 18.4 Å². The summed E-state index contributed by atoms with van der Waals surface area (Å²) in [4.78, 5) is 11.7. The van der Waals surface area contributed by atoms with Gasteiger partial charge < -0.3 is 9.47 Å². The predicted octanol–water partition coefficient (Wildman–Crippen LogP) is 2.74. The molecular formula is C11H11BrO3. The van der Waals surface area contributed by atoms with Gasteiger partial charge in [0.05, 0.1) is 6.42 Å². The molecule has 0 amide bonds. The number of hydrogen-bond donors (Lipinski definition) is 0. The van der Waals surface area contributed by atoms with Gasteiger partial charge in [-0.1, -0.05) is 28.1 Å². The molecule has 0 aromatic heterocycles. The van der Waals surface area contributed by atoms with Crippen molar-refractivity contribution in [2.24, 2.45) is 0 Å². The summed E-state index contributed by atoms with van der Waals surface area (Å²) in [5.74, 6) is 0.0411. The van der Waals surface area contributed by atoms with E-state index in [1.165, 1.54) is 0 Å². The van der Waals surface area contributed by atoms with E-state index in [4.69, 9.17) is 9.47 Å². The molecule has 1 aliphatic rings. The van der Waals surface area contributed by atoms with Crippen molar-refractivity contribution in [1.82, 2.24) is 0 Å². The topological polar surface area (TPSA) is 35.5 Å². The predicted molar refractivity (Wildman–Crippen MR) is 58.5 cm³/mol. The Kier molecular flexibility index (Phi) is 3.19. The Morgan fingerprint density at radius 1 is 1.33 bits per heavy atom. The quantitative estimate of drug-likeness (QED) is 0.793. The van der Waals surface area contributed by atoms with E-state index < -0.39 is 0 Å². The third kappa shape index (κ3) is 2.65. The fourth-order valence-electron chi connectivity index (χ4n) is 1.44. The molecule has 0 bridgehead atoms. The molecule has 1 aromatic carbocycles. The van der Waals surface area contributed by atoms with E-state index in [9.17, 15) is 4.79 Å². The summed E-state index contributed by atoms with van der Waals surface area (Å²) in [7, 11) is 0. The lowest BCUT2D eigenvalue weighted by Gasteiger charge is -2.33. The van der Waals surface area contributed by atoms with Crippen molar-refractivity contribution < 1.29 is 14.3 Å². The maximum Gasteiger partial charge on any atom is 0.171 e. The molecule has 1 heterocycles. The van der Waals surface area contributed by atoms with Crippen LogP contribution in [-0.2, 0) is 9.47 Å². The molecule has 0 N–H and O–H groups in total. The van der Waals surface area contributed by atoms with E-state index in [0.717, 1.165) is 4.47 Å². The Bertz CT molecular complexity index is 355. The van der Waals surface area contributed by atoms with Gasteiger partial charge in [-0.3, -0.25) is 4.79 Å². The van der Waals surface area contributed by atoms with Crippen LogP contribution in [0.15, 0.2) is 28.7 Å². The maximum absolute atomic E-state index is 11.7. The minimum atomic E-state index is -0.365. The Labute approximate surface area is 96.5 Å². The van der Waals surface area contributed by atoms with Gasteiger partial charge in [0.25, 0.3) is 0 Å². The van der Waals surface area contributed by atoms with E-state index in [1.54, 1.807) is 19.1 Å². The van der Waals surface area contributed by atoms with Crippen LogP contribution in [0.4, 0.5) is 0 Å². The second-order valence-electron chi connectivity index (χ2n) is 3.40. The smallest absolute Gasteiger partial charge is 0.171 e. The van der Waals surface area contributed by atoms with Crippen molar-refractivity contribution in [3.05, 3.63) is 34.3 Å². The number of rotatable bonds is 3. The van der Waals surface area contributed by atoms with Gasteiger partial charge in [-0.25, -0.2) is 0 Å². The number of ether oxygens (including phenoxy) is 2. The standard InChI is InChI=1S/C11H11BrO3/c1-7-14-11(15-7)6-10(13)8-2-4-9(12)5-3-8/h2-5,7,11H,6H2,1H3. The largest absolute Gasteiger partial charge is 0.323 e. The van der Waals surface area contributed by atoms with Crippen molar-refractivity contribution >= 4 is 21.7 Å². The number of hydrogen-bond acceptors (Lipinski definition) is 3. The second kappa shape index (κ2) is 4.43. The lowest BCUT2D eigenvalue weighted by molar-refractivity contribution is -0.372. The monoisotopic (exact) mass is 270 g/mol. The number of ketones is 1. The van der Waals surface area contributed by atoms with Crippen LogP contribution in [-0.4, -0.2) is 18.4 Å². The Morgan fingerprint density at radius 2 is 1.93 bits per heavy atom. The van der Waals surface area contributed by atoms with Gasteiger partial charge in [-0.2, -0.15) is 0 Å². The van der Waals surface area contributed by atoms with Gasteiger partial charge in [-0.15, -0.1) is 0 Å². The molecule has 0 spiro atoms. The lowest BCUT2D eigenvalue weighted by atomic mass is 10.1. The summed E-state index contributed by atoms with van der Waals surface area (Å²) in [5.41, 5.74) is 0.685. The Morgan fingerprint density at radius 3 is 2.47 bits per heavy atom. The molecule has 1 aromatic rings. The molecular weight excluding hydrogens is 260 g/mol. The first kappa shape index (κ1) is 10.8. The van der Waals surface area contributed by atoms with Crippen molar-refractivity contribution in [3.8, 4) is 0 Å². The summed E-state index contributed by atoms with van der Waals surface area (Å²) in [6.07, 6.45) is -0.254. The number of halogens is 1. The summed E-state index contributed by atoms with van der Waals surface area (Å²) >= 11 is 3.32. The summed E-state index contributed by atoms with van der Waals surface area (Å²) < 4.78 is 11.4. The lowest BCUT2D eigenvalue weighted by Crippen LogP contribution is -2.40. The number of Topliss-reactive ketones (excluding diaryl/α,β-unsaturated/α-hetero) is 1. The van der Waals surface area contributed by atoms with Crippen molar-refractivity contribution in [2.75, 3.05) is 0 Å². The highest BCUT2D eigenvalue weighted by atomic mass is 79.9. The summed E-state index contributed by atoms with van der Waals surface area (Å²) in [6.45, 7) is 1.81. The van der Waals surface area contributed by atoms with Crippen molar-refractivity contribution in [3.63, 3.8) is 0 Å². The van der Waals surface area contributed by atoms with Crippen LogP contribution in [0.2, 0.25) is 0 Å². The molecule has 80 valence electrons. The third-order valence-corrected chi connectivity index (χ3v) is 2.73. The van der Waals surface area contributed by atoms with E-state index in [1.807, 2.05) is 12.1 Å². The van der Waals surface area contributed by atoms with E-state index in [-0.39, 0.29) is 24.8 Å². The van der Waals surface area contributed by atoms with Crippen LogP contribution in [0.3, 0.4) is 0 Å². The molecule has 0 unspecified atom stereocenters. The molecule has 3 nitrogen and oxygen atoms in total. The highest BCUT2D eigenvalue weighted by molar-refractivity contribution is 9.10. The molecule has 0 atom stereocenters. The Hall–Kier alpha value is -0.710. The number of carbonyl (C=O) groups is 1.